The topological polar surface area (TPSA) is 21.3 Å². The molecule has 1 aliphatic carbocycles. The van der Waals surface area contributed by atoms with E-state index in [-0.39, 0.29) is 5.60 Å². The van der Waals surface area contributed by atoms with E-state index in [0.29, 0.717) is 11.5 Å². The number of nitrogens with one attached hydrogen (secondary N) is 1. The summed E-state index contributed by atoms with van der Waals surface area (Å²) in [6.07, 6.45) is 12.3. The molecule has 0 aromatic heterocycles. The van der Waals surface area contributed by atoms with Gasteiger partial charge in [-0.15, -0.1) is 0 Å². The van der Waals surface area contributed by atoms with E-state index in [0.717, 1.165) is 6.04 Å². The van der Waals surface area contributed by atoms with Crippen molar-refractivity contribution in [3.8, 4) is 0 Å². The predicted octanol–water partition coefficient (Wildman–Crippen LogP) is 4.67. The second-order valence-corrected chi connectivity index (χ2v) is 7.85. The SMILES string of the molecule is CCCCC(CC)(CNC1CC1)CC1CCC(C)(C)O1. The molecule has 118 valence electrons. The highest BCUT2D eigenvalue weighted by molar-refractivity contribution is 4.91. The highest BCUT2D eigenvalue weighted by Gasteiger charge is 2.38. The first kappa shape index (κ1) is 16.3. The molecule has 2 nitrogen and oxygen atoms in total. The van der Waals surface area contributed by atoms with Crippen LogP contribution in [0.5, 0.6) is 0 Å². The quantitative estimate of drug-likeness (QED) is 0.663. The van der Waals surface area contributed by atoms with Crippen LogP contribution in [-0.2, 0) is 4.74 Å². The molecule has 2 rings (SSSR count). The maximum absolute atomic E-state index is 6.28. The van der Waals surface area contributed by atoms with E-state index in [1.54, 1.807) is 0 Å². The van der Waals surface area contributed by atoms with Gasteiger partial charge < -0.3 is 10.1 Å². The second-order valence-electron chi connectivity index (χ2n) is 7.85. The lowest BCUT2D eigenvalue weighted by molar-refractivity contribution is -0.0379. The van der Waals surface area contributed by atoms with Crippen molar-refractivity contribution in [1.29, 1.82) is 0 Å². The number of hydrogen-bond acceptors (Lipinski definition) is 2. The van der Waals surface area contributed by atoms with Gasteiger partial charge in [0.2, 0.25) is 0 Å². The van der Waals surface area contributed by atoms with E-state index >= 15 is 0 Å². The Kier molecular flexibility index (Phi) is 5.53. The van der Waals surface area contributed by atoms with Gasteiger partial charge in [0.1, 0.15) is 0 Å². The van der Waals surface area contributed by atoms with Gasteiger partial charge in [0.15, 0.2) is 0 Å². The summed E-state index contributed by atoms with van der Waals surface area (Å²) in [6.45, 7) is 10.4. The zero-order valence-electron chi connectivity index (χ0n) is 14.1. The summed E-state index contributed by atoms with van der Waals surface area (Å²) >= 11 is 0. The van der Waals surface area contributed by atoms with Crippen molar-refractivity contribution in [2.75, 3.05) is 6.54 Å². The fraction of sp³-hybridized carbons (Fsp3) is 1.00. The lowest BCUT2D eigenvalue weighted by Gasteiger charge is -2.36. The van der Waals surface area contributed by atoms with Crippen molar-refractivity contribution in [2.24, 2.45) is 5.41 Å². The molecule has 2 fully saturated rings. The molecule has 2 unspecified atom stereocenters. The molecular weight excluding hydrogens is 246 g/mol. The largest absolute Gasteiger partial charge is 0.372 e. The fourth-order valence-corrected chi connectivity index (χ4v) is 3.61. The van der Waals surface area contributed by atoms with E-state index in [1.165, 1.54) is 64.3 Å². The van der Waals surface area contributed by atoms with Gasteiger partial charge in [0.05, 0.1) is 11.7 Å². The van der Waals surface area contributed by atoms with Crippen LogP contribution in [-0.4, -0.2) is 24.3 Å². The maximum Gasteiger partial charge on any atom is 0.0631 e. The van der Waals surface area contributed by atoms with E-state index in [4.69, 9.17) is 4.74 Å². The van der Waals surface area contributed by atoms with Gasteiger partial charge >= 0.3 is 0 Å². The van der Waals surface area contributed by atoms with Gasteiger partial charge in [-0.05, 0) is 64.2 Å². The molecule has 2 atom stereocenters. The standard InChI is InChI=1S/C18H35NO/c1-5-7-11-18(6-2,14-19-15-8-9-15)13-16-10-12-17(3,4)20-16/h15-16,19H,5-14H2,1-4H3. The predicted molar refractivity (Wildman–Crippen MR) is 86.1 cm³/mol. The Labute approximate surface area is 126 Å². The smallest absolute Gasteiger partial charge is 0.0631 e. The van der Waals surface area contributed by atoms with Crippen LogP contribution in [0.15, 0.2) is 0 Å². The molecule has 0 aromatic rings. The molecule has 0 radical (unpaired) electrons. The second kappa shape index (κ2) is 6.79. The van der Waals surface area contributed by atoms with E-state index in [9.17, 15) is 0 Å². The minimum absolute atomic E-state index is 0.110. The molecule has 1 saturated heterocycles. The number of unbranched alkanes of at least 4 members (excludes halogenated alkanes) is 1. The summed E-state index contributed by atoms with van der Waals surface area (Å²) in [6, 6.07) is 0.823. The van der Waals surface area contributed by atoms with Crippen LogP contribution in [0.25, 0.3) is 0 Å². The molecule has 0 amide bonds. The third kappa shape index (κ3) is 4.73. The fourth-order valence-electron chi connectivity index (χ4n) is 3.61. The Morgan fingerprint density at radius 2 is 1.95 bits per heavy atom. The van der Waals surface area contributed by atoms with Crippen molar-refractivity contribution in [1.82, 2.24) is 5.32 Å². The molecule has 1 N–H and O–H groups in total. The molecule has 0 bridgehead atoms. The van der Waals surface area contributed by atoms with Gasteiger partial charge in [-0.1, -0.05) is 26.7 Å². The Bertz CT molecular complexity index is 298. The van der Waals surface area contributed by atoms with Gasteiger partial charge in [0.25, 0.3) is 0 Å². The molecule has 0 spiro atoms. The number of rotatable bonds is 9. The normalized spacial score (nSPS) is 28.5. The molecular formula is C18H35NO. The Morgan fingerprint density at radius 3 is 2.45 bits per heavy atom. The first-order chi connectivity index (χ1) is 9.49. The van der Waals surface area contributed by atoms with Crippen molar-refractivity contribution in [3.63, 3.8) is 0 Å². The van der Waals surface area contributed by atoms with Crippen LogP contribution in [0.2, 0.25) is 0 Å². The third-order valence-electron chi connectivity index (χ3n) is 5.37. The summed E-state index contributed by atoms with van der Waals surface area (Å²) in [7, 11) is 0. The van der Waals surface area contributed by atoms with E-state index in [2.05, 4.69) is 33.0 Å². The highest BCUT2D eigenvalue weighted by Crippen LogP contribution is 2.40. The summed E-state index contributed by atoms with van der Waals surface area (Å²) in [4.78, 5) is 0. The molecule has 2 aliphatic rings. The highest BCUT2D eigenvalue weighted by atomic mass is 16.5. The Morgan fingerprint density at radius 1 is 1.20 bits per heavy atom. The summed E-state index contributed by atoms with van der Waals surface area (Å²) < 4.78 is 6.28. The molecule has 1 heterocycles. The van der Waals surface area contributed by atoms with Crippen molar-refractivity contribution >= 4 is 0 Å². The molecule has 1 saturated carbocycles. The van der Waals surface area contributed by atoms with Crippen LogP contribution in [0.4, 0.5) is 0 Å². The first-order valence-electron chi connectivity index (χ1n) is 8.90. The summed E-state index contributed by atoms with van der Waals surface area (Å²) in [5.74, 6) is 0. The summed E-state index contributed by atoms with van der Waals surface area (Å²) in [5, 5.41) is 3.80. The third-order valence-corrected chi connectivity index (χ3v) is 5.37. The van der Waals surface area contributed by atoms with E-state index in [1.807, 2.05) is 0 Å². The van der Waals surface area contributed by atoms with Crippen LogP contribution < -0.4 is 5.32 Å². The minimum atomic E-state index is 0.110. The average Bonchev–Trinajstić information content (AvgIpc) is 3.18. The van der Waals surface area contributed by atoms with Crippen LogP contribution >= 0.6 is 0 Å². The Hall–Kier alpha value is -0.0800. The lowest BCUT2D eigenvalue weighted by atomic mass is 9.75. The van der Waals surface area contributed by atoms with Gasteiger partial charge in [-0.3, -0.25) is 0 Å². The Balaban J connectivity index is 1.92. The van der Waals surface area contributed by atoms with Crippen LogP contribution in [0.3, 0.4) is 0 Å². The molecule has 20 heavy (non-hydrogen) atoms. The maximum atomic E-state index is 6.28. The van der Waals surface area contributed by atoms with Crippen molar-refractivity contribution < 1.29 is 4.74 Å². The zero-order chi connectivity index (χ0) is 14.6. The number of hydrogen-bond donors (Lipinski definition) is 1. The van der Waals surface area contributed by atoms with Gasteiger partial charge in [0, 0.05) is 12.6 Å². The summed E-state index contributed by atoms with van der Waals surface area (Å²) in [5.41, 5.74) is 0.572. The van der Waals surface area contributed by atoms with Crippen LogP contribution in [0, 0.1) is 5.41 Å². The van der Waals surface area contributed by atoms with Gasteiger partial charge in [-0.25, -0.2) is 0 Å². The molecule has 0 aromatic carbocycles. The van der Waals surface area contributed by atoms with Crippen molar-refractivity contribution in [2.45, 2.75) is 103 Å². The number of ether oxygens (including phenoxy) is 1. The zero-order valence-corrected chi connectivity index (χ0v) is 14.1. The van der Waals surface area contributed by atoms with Crippen LogP contribution in [0.1, 0.15) is 85.5 Å². The first-order valence-corrected chi connectivity index (χ1v) is 8.90. The van der Waals surface area contributed by atoms with Gasteiger partial charge in [-0.2, -0.15) is 0 Å². The monoisotopic (exact) mass is 281 g/mol. The van der Waals surface area contributed by atoms with E-state index < -0.39 is 0 Å². The molecule has 2 heteroatoms. The average molecular weight is 281 g/mol. The van der Waals surface area contributed by atoms with Crippen molar-refractivity contribution in [3.05, 3.63) is 0 Å². The minimum Gasteiger partial charge on any atom is -0.372 e. The molecule has 1 aliphatic heterocycles. The lowest BCUT2D eigenvalue weighted by Crippen LogP contribution is -2.38.